The molecule has 0 spiro atoms. The SMILES string of the molecule is O=C(COc1ccccc1)Nc1ccc(SC(C(=O)Nc2ccc(Cl)cn2)c2ccccc2)cc1. The highest BCUT2D eigenvalue weighted by Crippen LogP contribution is 2.36. The molecule has 0 aliphatic rings. The first-order valence-corrected chi connectivity index (χ1v) is 12.0. The van der Waals surface area contributed by atoms with E-state index < -0.39 is 5.25 Å². The van der Waals surface area contributed by atoms with E-state index in [2.05, 4.69) is 15.6 Å². The molecule has 0 saturated carbocycles. The third kappa shape index (κ3) is 7.34. The van der Waals surface area contributed by atoms with Gasteiger partial charge in [-0.05, 0) is 54.1 Å². The Labute approximate surface area is 212 Å². The van der Waals surface area contributed by atoms with Crippen LogP contribution in [-0.4, -0.2) is 23.4 Å². The van der Waals surface area contributed by atoms with Crippen molar-refractivity contribution in [3.63, 3.8) is 0 Å². The molecule has 0 aliphatic carbocycles. The number of thioether (sulfide) groups is 1. The number of pyridine rings is 1. The number of anilines is 2. The van der Waals surface area contributed by atoms with Gasteiger partial charge in [0, 0.05) is 16.8 Å². The monoisotopic (exact) mass is 503 g/mol. The second-order valence-corrected chi connectivity index (χ2v) is 9.05. The maximum absolute atomic E-state index is 13.1. The Hall–Kier alpha value is -3.81. The van der Waals surface area contributed by atoms with Gasteiger partial charge >= 0.3 is 0 Å². The summed E-state index contributed by atoms with van der Waals surface area (Å²) in [4.78, 5) is 30.4. The molecule has 0 radical (unpaired) electrons. The topological polar surface area (TPSA) is 80.3 Å². The Morgan fingerprint density at radius 3 is 2.20 bits per heavy atom. The van der Waals surface area contributed by atoms with Crippen molar-refractivity contribution in [1.82, 2.24) is 4.98 Å². The summed E-state index contributed by atoms with van der Waals surface area (Å²) in [6, 6.07) is 29.3. The minimum atomic E-state index is -0.506. The molecular weight excluding hydrogens is 482 g/mol. The first-order chi connectivity index (χ1) is 17.1. The van der Waals surface area contributed by atoms with Crippen LogP contribution >= 0.6 is 23.4 Å². The molecule has 176 valence electrons. The summed E-state index contributed by atoms with van der Waals surface area (Å²) >= 11 is 7.30. The Morgan fingerprint density at radius 2 is 1.54 bits per heavy atom. The molecule has 1 unspecified atom stereocenters. The predicted molar refractivity (Wildman–Crippen MR) is 140 cm³/mol. The number of nitrogens with one attached hydrogen (secondary N) is 2. The number of amides is 2. The molecule has 2 N–H and O–H groups in total. The molecule has 1 atom stereocenters. The molecule has 4 rings (SSSR count). The fraction of sp³-hybridized carbons (Fsp3) is 0.0741. The molecule has 3 aromatic carbocycles. The Balaban J connectivity index is 1.40. The van der Waals surface area contributed by atoms with Crippen molar-refractivity contribution >= 4 is 46.7 Å². The van der Waals surface area contributed by atoms with Gasteiger partial charge < -0.3 is 15.4 Å². The molecule has 1 heterocycles. The van der Waals surface area contributed by atoms with Gasteiger partial charge in [-0.15, -0.1) is 11.8 Å². The minimum Gasteiger partial charge on any atom is -0.484 e. The first-order valence-electron chi connectivity index (χ1n) is 10.8. The minimum absolute atomic E-state index is 0.0878. The molecule has 2 amide bonds. The van der Waals surface area contributed by atoms with Crippen LogP contribution in [0.15, 0.2) is 108 Å². The smallest absolute Gasteiger partial charge is 0.262 e. The normalized spacial score (nSPS) is 11.3. The predicted octanol–water partition coefficient (Wildman–Crippen LogP) is 6.22. The van der Waals surface area contributed by atoms with Gasteiger partial charge in [-0.25, -0.2) is 4.98 Å². The summed E-state index contributed by atoms with van der Waals surface area (Å²) in [5, 5.41) is 5.66. The van der Waals surface area contributed by atoms with Crippen molar-refractivity contribution in [1.29, 1.82) is 0 Å². The summed E-state index contributed by atoms with van der Waals surface area (Å²) in [5.41, 5.74) is 1.50. The van der Waals surface area contributed by atoms with Crippen molar-refractivity contribution in [3.05, 3.63) is 114 Å². The molecular formula is C27H22ClN3O3S. The van der Waals surface area contributed by atoms with Crippen LogP contribution in [0, 0.1) is 0 Å². The molecule has 1 aromatic heterocycles. The molecule has 6 nitrogen and oxygen atoms in total. The lowest BCUT2D eigenvalue weighted by Crippen LogP contribution is -2.20. The molecule has 8 heteroatoms. The van der Waals surface area contributed by atoms with Gasteiger partial charge in [0.15, 0.2) is 6.61 Å². The Kier molecular flexibility index (Phi) is 8.38. The van der Waals surface area contributed by atoms with E-state index in [1.54, 1.807) is 36.4 Å². The van der Waals surface area contributed by atoms with Gasteiger partial charge in [0.1, 0.15) is 16.8 Å². The molecule has 35 heavy (non-hydrogen) atoms. The fourth-order valence-corrected chi connectivity index (χ4v) is 4.29. The molecule has 0 fully saturated rings. The highest BCUT2D eigenvalue weighted by Gasteiger charge is 2.22. The molecule has 0 aliphatic heterocycles. The summed E-state index contributed by atoms with van der Waals surface area (Å²) in [5.74, 6) is 0.600. The van der Waals surface area contributed by atoms with Gasteiger partial charge in [-0.3, -0.25) is 9.59 Å². The second kappa shape index (κ2) is 12.1. The lowest BCUT2D eigenvalue weighted by Gasteiger charge is -2.17. The van der Waals surface area contributed by atoms with Crippen LogP contribution in [0.4, 0.5) is 11.5 Å². The second-order valence-electron chi connectivity index (χ2n) is 7.43. The van der Waals surface area contributed by atoms with E-state index in [0.717, 1.165) is 10.5 Å². The number of nitrogens with zero attached hydrogens (tertiary/aromatic N) is 1. The largest absolute Gasteiger partial charge is 0.484 e. The highest BCUT2D eigenvalue weighted by molar-refractivity contribution is 8.00. The highest BCUT2D eigenvalue weighted by atomic mass is 35.5. The van der Waals surface area contributed by atoms with Gasteiger partial charge in [0.05, 0.1) is 5.02 Å². The van der Waals surface area contributed by atoms with E-state index in [-0.39, 0.29) is 18.4 Å². The number of para-hydroxylation sites is 1. The number of carbonyl (C=O) groups is 2. The van der Waals surface area contributed by atoms with Crippen molar-refractivity contribution in [2.45, 2.75) is 10.1 Å². The van der Waals surface area contributed by atoms with Crippen LogP contribution in [0.25, 0.3) is 0 Å². The summed E-state index contributed by atoms with van der Waals surface area (Å²) < 4.78 is 5.47. The zero-order valence-corrected chi connectivity index (χ0v) is 20.1. The first kappa shape index (κ1) is 24.3. The number of benzene rings is 3. The number of aromatic nitrogens is 1. The van der Waals surface area contributed by atoms with E-state index in [1.807, 2.05) is 60.7 Å². The van der Waals surface area contributed by atoms with Crippen molar-refractivity contribution < 1.29 is 14.3 Å². The van der Waals surface area contributed by atoms with Gasteiger partial charge in [-0.2, -0.15) is 0 Å². The van der Waals surface area contributed by atoms with Crippen LogP contribution in [0.5, 0.6) is 5.75 Å². The average molecular weight is 504 g/mol. The molecule has 0 saturated heterocycles. The van der Waals surface area contributed by atoms with E-state index in [9.17, 15) is 9.59 Å². The van der Waals surface area contributed by atoms with Crippen molar-refractivity contribution in [2.75, 3.05) is 17.2 Å². The number of halogens is 1. The number of carbonyl (C=O) groups excluding carboxylic acids is 2. The van der Waals surface area contributed by atoms with Crippen LogP contribution in [0.1, 0.15) is 10.8 Å². The van der Waals surface area contributed by atoms with Crippen molar-refractivity contribution in [3.8, 4) is 5.75 Å². The van der Waals surface area contributed by atoms with Crippen LogP contribution in [0.2, 0.25) is 5.02 Å². The van der Waals surface area contributed by atoms with Crippen molar-refractivity contribution in [2.24, 2.45) is 0 Å². The van der Waals surface area contributed by atoms with Gasteiger partial charge in [0.25, 0.3) is 5.91 Å². The third-order valence-corrected chi connectivity index (χ3v) is 6.31. The Bertz CT molecular complexity index is 1250. The number of hydrogen-bond acceptors (Lipinski definition) is 5. The fourth-order valence-electron chi connectivity index (χ4n) is 3.16. The number of hydrogen-bond donors (Lipinski definition) is 2. The molecule has 0 bridgehead atoms. The summed E-state index contributed by atoms with van der Waals surface area (Å²) in [6.45, 7) is -0.0878. The number of ether oxygens (including phenoxy) is 1. The summed E-state index contributed by atoms with van der Waals surface area (Å²) in [6.07, 6.45) is 1.49. The molecule has 4 aromatic rings. The van der Waals surface area contributed by atoms with Crippen LogP contribution < -0.4 is 15.4 Å². The maximum Gasteiger partial charge on any atom is 0.262 e. The van der Waals surface area contributed by atoms with Crippen LogP contribution in [0.3, 0.4) is 0 Å². The lowest BCUT2D eigenvalue weighted by molar-refractivity contribution is -0.118. The zero-order valence-electron chi connectivity index (χ0n) is 18.6. The van der Waals surface area contributed by atoms with Gasteiger partial charge in [-0.1, -0.05) is 60.1 Å². The third-order valence-electron chi connectivity index (χ3n) is 4.82. The lowest BCUT2D eigenvalue weighted by atomic mass is 10.1. The van der Waals surface area contributed by atoms with E-state index in [0.29, 0.717) is 22.3 Å². The zero-order chi connectivity index (χ0) is 24.5. The number of rotatable bonds is 9. The summed E-state index contributed by atoms with van der Waals surface area (Å²) in [7, 11) is 0. The average Bonchev–Trinajstić information content (AvgIpc) is 2.89. The van der Waals surface area contributed by atoms with Crippen LogP contribution in [-0.2, 0) is 9.59 Å². The van der Waals surface area contributed by atoms with E-state index in [1.165, 1.54) is 18.0 Å². The van der Waals surface area contributed by atoms with E-state index >= 15 is 0 Å². The quantitative estimate of drug-likeness (QED) is 0.265. The van der Waals surface area contributed by atoms with E-state index in [4.69, 9.17) is 16.3 Å². The van der Waals surface area contributed by atoms with Gasteiger partial charge in [0.2, 0.25) is 5.91 Å². The standard InChI is InChI=1S/C27H22ClN3O3S/c28-20-11-16-24(29-17-20)31-27(33)26(19-7-3-1-4-8-19)35-23-14-12-21(13-15-23)30-25(32)18-34-22-9-5-2-6-10-22/h1-17,26H,18H2,(H,30,32)(H,29,31,33). The maximum atomic E-state index is 13.1. The Morgan fingerprint density at radius 1 is 0.857 bits per heavy atom.